The first-order chi connectivity index (χ1) is 8.70. The smallest absolute Gasteiger partial charge is 0.410 e. The highest BCUT2D eigenvalue weighted by Crippen LogP contribution is 2.17. The third-order valence-corrected chi connectivity index (χ3v) is 3.17. The summed E-state index contributed by atoms with van der Waals surface area (Å²) >= 11 is 0. The van der Waals surface area contributed by atoms with Crippen molar-refractivity contribution in [1.29, 1.82) is 0 Å². The largest absolute Gasteiger partial charge is 0.445 e. The predicted octanol–water partition coefficient (Wildman–Crippen LogP) is 0.575. The van der Waals surface area contributed by atoms with Gasteiger partial charge in [-0.25, -0.2) is 4.79 Å². The fourth-order valence-corrected chi connectivity index (χ4v) is 2.05. The maximum atomic E-state index is 11.8. The average molecular weight is 250 g/mol. The van der Waals surface area contributed by atoms with Crippen LogP contribution in [0.15, 0.2) is 30.3 Å². The molecular formula is C13H18N2O3. The van der Waals surface area contributed by atoms with Crippen molar-refractivity contribution < 1.29 is 14.6 Å². The van der Waals surface area contributed by atoms with Crippen molar-refractivity contribution in [3.8, 4) is 0 Å². The Labute approximate surface area is 106 Å². The number of benzene rings is 1. The lowest BCUT2D eigenvalue weighted by atomic mass is 10.1. The number of aliphatic hydroxyl groups excluding tert-OH is 1. The molecular weight excluding hydrogens is 232 g/mol. The summed E-state index contributed by atoms with van der Waals surface area (Å²) in [5.41, 5.74) is 6.46. The van der Waals surface area contributed by atoms with Crippen LogP contribution < -0.4 is 5.73 Å². The molecule has 2 rings (SSSR count). The number of hydrogen-bond donors (Lipinski definition) is 2. The van der Waals surface area contributed by atoms with Crippen LogP contribution in [0.3, 0.4) is 0 Å². The molecule has 1 saturated heterocycles. The van der Waals surface area contributed by atoms with E-state index in [1.807, 2.05) is 30.3 Å². The van der Waals surface area contributed by atoms with Crippen LogP contribution in [0.2, 0.25) is 0 Å². The van der Waals surface area contributed by atoms with Crippen molar-refractivity contribution in [2.75, 3.05) is 19.6 Å². The van der Waals surface area contributed by atoms with Crippen molar-refractivity contribution in [3.63, 3.8) is 0 Å². The van der Waals surface area contributed by atoms with E-state index in [0.717, 1.165) is 5.56 Å². The van der Waals surface area contributed by atoms with Crippen molar-refractivity contribution in [1.82, 2.24) is 4.90 Å². The number of carbonyl (C=O) groups is 1. The average Bonchev–Trinajstić information content (AvgIpc) is 2.78. The number of likely N-dealkylation sites (tertiary alicyclic amines) is 1. The quantitative estimate of drug-likeness (QED) is 0.822. The van der Waals surface area contributed by atoms with Gasteiger partial charge in [0.15, 0.2) is 0 Å². The summed E-state index contributed by atoms with van der Waals surface area (Å²) in [7, 11) is 0. The number of carbonyl (C=O) groups excluding carboxylic acids is 1. The van der Waals surface area contributed by atoms with E-state index in [1.165, 1.54) is 4.90 Å². The van der Waals surface area contributed by atoms with Gasteiger partial charge < -0.3 is 20.5 Å². The van der Waals surface area contributed by atoms with Gasteiger partial charge in [0.05, 0.1) is 12.6 Å². The fraction of sp³-hybridized carbons (Fsp3) is 0.462. The summed E-state index contributed by atoms with van der Waals surface area (Å²) in [5.74, 6) is -0.0470. The molecule has 1 amide bonds. The normalized spacial score (nSPS) is 23.1. The highest BCUT2D eigenvalue weighted by molar-refractivity contribution is 5.68. The first-order valence-electron chi connectivity index (χ1n) is 6.04. The molecule has 1 aromatic carbocycles. The van der Waals surface area contributed by atoms with Gasteiger partial charge in [-0.05, 0) is 12.1 Å². The molecule has 98 valence electrons. The maximum Gasteiger partial charge on any atom is 0.410 e. The topological polar surface area (TPSA) is 75.8 Å². The zero-order valence-electron chi connectivity index (χ0n) is 10.2. The summed E-state index contributed by atoms with van der Waals surface area (Å²) in [5, 5.41) is 9.66. The number of hydrogen-bond acceptors (Lipinski definition) is 4. The molecule has 0 aromatic heterocycles. The third-order valence-electron chi connectivity index (χ3n) is 3.17. The van der Waals surface area contributed by atoms with Gasteiger partial charge in [0.1, 0.15) is 6.61 Å². The van der Waals surface area contributed by atoms with E-state index in [1.54, 1.807) is 0 Å². The van der Waals surface area contributed by atoms with Gasteiger partial charge in [0, 0.05) is 12.5 Å². The molecule has 1 aromatic rings. The summed E-state index contributed by atoms with van der Waals surface area (Å²) in [6.07, 6.45) is -0.937. The molecule has 18 heavy (non-hydrogen) atoms. The monoisotopic (exact) mass is 250 g/mol. The summed E-state index contributed by atoms with van der Waals surface area (Å²) in [4.78, 5) is 13.3. The number of aliphatic hydroxyl groups is 1. The van der Waals surface area contributed by atoms with Crippen molar-refractivity contribution in [2.45, 2.75) is 12.7 Å². The van der Waals surface area contributed by atoms with E-state index in [2.05, 4.69) is 0 Å². The van der Waals surface area contributed by atoms with Crippen LogP contribution in [0.25, 0.3) is 0 Å². The van der Waals surface area contributed by atoms with Crippen molar-refractivity contribution in [2.24, 2.45) is 11.7 Å². The highest BCUT2D eigenvalue weighted by atomic mass is 16.6. The second-order valence-electron chi connectivity index (χ2n) is 4.51. The molecule has 1 fully saturated rings. The summed E-state index contributed by atoms with van der Waals surface area (Å²) in [6.45, 7) is 1.39. The highest BCUT2D eigenvalue weighted by Gasteiger charge is 2.33. The molecule has 0 spiro atoms. The zero-order valence-corrected chi connectivity index (χ0v) is 10.2. The molecule has 2 unspecified atom stereocenters. The first-order valence-corrected chi connectivity index (χ1v) is 6.04. The van der Waals surface area contributed by atoms with E-state index in [-0.39, 0.29) is 12.5 Å². The van der Waals surface area contributed by atoms with Crippen LogP contribution in [-0.4, -0.2) is 41.8 Å². The Morgan fingerprint density at radius 2 is 2.11 bits per heavy atom. The van der Waals surface area contributed by atoms with Gasteiger partial charge in [-0.1, -0.05) is 30.3 Å². The molecule has 0 bridgehead atoms. The molecule has 1 heterocycles. The standard InChI is InChI=1S/C13H18N2O3/c14-6-11-7-15(8-12(11)16)13(17)18-9-10-4-2-1-3-5-10/h1-5,11-12,16H,6-9,14H2. The van der Waals surface area contributed by atoms with Crippen LogP contribution in [0.5, 0.6) is 0 Å². The minimum absolute atomic E-state index is 0.0470. The second-order valence-corrected chi connectivity index (χ2v) is 4.51. The van der Waals surface area contributed by atoms with E-state index in [9.17, 15) is 9.90 Å². The van der Waals surface area contributed by atoms with E-state index in [4.69, 9.17) is 10.5 Å². The van der Waals surface area contributed by atoms with Crippen LogP contribution in [0.1, 0.15) is 5.56 Å². The Kier molecular flexibility index (Phi) is 4.17. The molecule has 0 saturated carbocycles. The minimum Gasteiger partial charge on any atom is -0.445 e. The summed E-state index contributed by atoms with van der Waals surface area (Å²) < 4.78 is 5.19. The number of amides is 1. The number of rotatable bonds is 3. The third kappa shape index (κ3) is 3.00. The van der Waals surface area contributed by atoms with Crippen LogP contribution in [0.4, 0.5) is 4.79 Å². The van der Waals surface area contributed by atoms with Crippen LogP contribution in [-0.2, 0) is 11.3 Å². The lowest BCUT2D eigenvalue weighted by Crippen LogP contribution is -2.30. The van der Waals surface area contributed by atoms with Gasteiger partial charge in [-0.3, -0.25) is 0 Å². The molecule has 5 nitrogen and oxygen atoms in total. The Balaban J connectivity index is 1.82. The number of nitrogens with zero attached hydrogens (tertiary/aromatic N) is 1. The summed E-state index contributed by atoms with van der Waals surface area (Å²) in [6, 6.07) is 9.50. The SMILES string of the molecule is NCC1CN(C(=O)OCc2ccccc2)CC1O. The second kappa shape index (κ2) is 5.84. The maximum absolute atomic E-state index is 11.8. The number of β-amino-alcohol motifs (C(OH)–C–C–N with tert-alkyl or cyclic N) is 1. The Bertz CT molecular complexity index is 396. The Morgan fingerprint density at radius 3 is 2.72 bits per heavy atom. The van der Waals surface area contributed by atoms with Gasteiger partial charge in [0.25, 0.3) is 0 Å². The minimum atomic E-state index is -0.542. The Hall–Kier alpha value is -1.59. The van der Waals surface area contributed by atoms with Crippen molar-refractivity contribution >= 4 is 6.09 Å². The molecule has 0 radical (unpaired) electrons. The van der Waals surface area contributed by atoms with E-state index < -0.39 is 12.2 Å². The fourth-order valence-electron chi connectivity index (χ4n) is 2.05. The molecule has 3 N–H and O–H groups in total. The van der Waals surface area contributed by atoms with Crippen LogP contribution >= 0.6 is 0 Å². The van der Waals surface area contributed by atoms with E-state index in [0.29, 0.717) is 19.6 Å². The lowest BCUT2D eigenvalue weighted by Gasteiger charge is -2.15. The molecule has 5 heteroatoms. The Morgan fingerprint density at radius 1 is 1.39 bits per heavy atom. The van der Waals surface area contributed by atoms with Crippen LogP contribution in [0, 0.1) is 5.92 Å². The zero-order chi connectivity index (χ0) is 13.0. The molecule has 0 aliphatic carbocycles. The molecule has 1 aliphatic rings. The van der Waals surface area contributed by atoms with Gasteiger partial charge >= 0.3 is 6.09 Å². The van der Waals surface area contributed by atoms with Gasteiger partial charge in [0.2, 0.25) is 0 Å². The predicted molar refractivity (Wildman–Crippen MR) is 66.8 cm³/mol. The first kappa shape index (κ1) is 12.9. The lowest BCUT2D eigenvalue weighted by molar-refractivity contribution is 0.0967. The van der Waals surface area contributed by atoms with Gasteiger partial charge in [-0.2, -0.15) is 0 Å². The molecule has 2 atom stereocenters. The van der Waals surface area contributed by atoms with Gasteiger partial charge in [-0.15, -0.1) is 0 Å². The van der Waals surface area contributed by atoms with E-state index >= 15 is 0 Å². The number of ether oxygens (including phenoxy) is 1. The number of nitrogens with two attached hydrogens (primary N) is 1. The molecule has 1 aliphatic heterocycles. The van der Waals surface area contributed by atoms with Crippen molar-refractivity contribution in [3.05, 3.63) is 35.9 Å².